The molecule has 0 spiro atoms. The highest BCUT2D eigenvalue weighted by Crippen LogP contribution is 2.38. The number of amides is 1. The van der Waals surface area contributed by atoms with Crippen molar-refractivity contribution in [2.75, 3.05) is 24.5 Å². The summed E-state index contributed by atoms with van der Waals surface area (Å²) >= 11 is 0. The van der Waals surface area contributed by atoms with Gasteiger partial charge >= 0.3 is 6.61 Å². The Bertz CT molecular complexity index is 1110. The van der Waals surface area contributed by atoms with E-state index in [4.69, 9.17) is 0 Å². The predicted octanol–water partition coefficient (Wildman–Crippen LogP) is 4.55. The molecule has 2 aliphatic heterocycles. The smallest absolute Gasteiger partial charge is 0.387 e. The van der Waals surface area contributed by atoms with Gasteiger partial charge in [-0.25, -0.2) is 8.42 Å². The summed E-state index contributed by atoms with van der Waals surface area (Å²) in [6, 6.07) is 10.7. The van der Waals surface area contributed by atoms with Crippen molar-refractivity contribution in [1.29, 1.82) is 0 Å². The van der Waals surface area contributed by atoms with Gasteiger partial charge in [0, 0.05) is 25.2 Å². The molecule has 33 heavy (non-hydrogen) atoms. The molecule has 2 atom stereocenters. The van der Waals surface area contributed by atoms with Gasteiger partial charge in [0.15, 0.2) is 0 Å². The lowest BCUT2D eigenvalue weighted by molar-refractivity contribution is -0.0495. The number of nitrogens with zero attached hydrogens (tertiary/aromatic N) is 2. The van der Waals surface area contributed by atoms with Crippen LogP contribution in [-0.4, -0.2) is 44.9 Å². The lowest BCUT2D eigenvalue weighted by Gasteiger charge is -2.34. The second-order valence-electron chi connectivity index (χ2n) is 9.00. The number of carbonyl (C=O) groups excluding carboxylic acids is 1. The Hall–Kier alpha value is -2.52. The molecule has 0 aliphatic carbocycles. The number of hydrogen-bond donors (Lipinski definition) is 0. The van der Waals surface area contributed by atoms with E-state index in [0.717, 1.165) is 12.0 Å². The summed E-state index contributed by atoms with van der Waals surface area (Å²) in [7, 11) is -3.66. The van der Waals surface area contributed by atoms with Crippen LogP contribution in [0.3, 0.4) is 0 Å². The maximum atomic E-state index is 13.3. The number of ether oxygens (including phenoxy) is 1. The first kappa shape index (κ1) is 23.6. The molecule has 178 valence electrons. The van der Waals surface area contributed by atoms with E-state index in [0.29, 0.717) is 38.2 Å². The molecule has 2 aliphatic rings. The third-order valence-corrected chi connectivity index (χ3v) is 8.06. The maximum absolute atomic E-state index is 13.3. The van der Waals surface area contributed by atoms with Crippen molar-refractivity contribution in [2.24, 2.45) is 11.8 Å². The minimum Gasteiger partial charge on any atom is -0.433 e. The third kappa shape index (κ3) is 4.89. The zero-order valence-corrected chi connectivity index (χ0v) is 19.5. The average molecular weight is 479 g/mol. The van der Waals surface area contributed by atoms with Gasteiger partial charge in [0.2, 0.25) is 10.0 Å². The van der Waals surface area contributed by atoms with E-state index < -0.39 is 16.6 Å². The second-order valence-corrected chi connectivity index (χ2v) is 10.9. The van der Waals surface area contributed by atoms with Gasteiger partial charge < -0.3 is 9.64 Å². The number of sulfonamides is 1. The SMILES string of the molecule is CC1CC(C)CN(S(=O)(=O)c2ccc(C(=O)N3CCCc4cccc(OC(F)F)c43)cc2)C1. The monoisotopic (exact) mass is 478 g/mol. The van der Waals surface area contributed by atoms with Crippen LogP contribution in [0.1, 0.15) is 42.6 Å². The highest BCUT2D eigenvalue weighted by Gasteiger charge is 2.32. The summed E-state index contributed by atoms with van der Waals surface area (Å²) in [6.45, 7) is 2.40. The first-order valence-electron chi connectivity index (χ1n) is 11.2. The number of carbonyl (C=O) groups is 1. The fourth-order valence-corrected chi connectivity index (χ4v) is 6.57. The van der Waals surface area contributed by atoms with Crippen LogP contribution in [0.4, 0.5) is 14.5 Å². The van der Waals surface area contributed by atoms with Crippen LogP contribution in [0.25, 0.3) is 0 Å². The van der Waals surface area contributed by atoms with Crippen LogP contribution in [0.15, 0.2) is 47.4 Å². The first-order valence-corrected chi connectivity index (χ1v) is 12.6. The number of halogens is 2. The fraction of sp³-hybridized carbons (Fsp3) is 0.458. The number of rotatable bonds is 5. The topological polar surface area (TPSA) is 66.9 Å². The van der Waals surface area contributed by atoms with E-state index in [1.165, 1.54) is 39.5 Å². The van der Waals surface area contributed by atoms with Crippen LogP contribution >= 0.6 is 0 Å². The van der Waals surface area contributed by atoms with Crippen molar-refractivity contribution in [1.82, 2.24) is 4.31 Å². The van der Waals surface area contributed by atoms with Crippen LogP contribution in [0.2, 0.25) is 0 Å². The molecule has 2 unspecified atom stereocenters. The molecule has 2 aromatic carbocycles. The molecule has 1 saturated heterocycles. The number of benzene rings is 2. The van der Waals surface area contributed by atoms with E-state index in [1.807, 2.05) is 13.8 Å². The lowest BCUT2D eigenvalue weighted by Crippen LogP contribution is -2.42. The van der Waals surface area contributed by atoms with E-state index in [-0.39, 0.29) is 34.0 Å². The average Bonchev–Trinajstić information content (AvgIpc) is 2.77. The number of anilines is 1. The van der Waals surface area contributed by atoms with E-state index in [2.05, 4.69) is 4.74 Å². The van der Waals surface area contributed by atoms with Crippen molar-refractivity contribution in [3.8, 4) is 5.75 Å². The molecule has 2 heterocycles. The first-order chi connectivity index (χ1) is 15.7. The van der Waals surface area contributed by atoms with E-state index in [9.17, 15) is 22.0 Å². The molecule has 0 radical (unpaired) electrons. The minimum atomic E-state index is -3.66. The van der Waals surface area contributed by atoms with Gasteiger partial charge in [-0.1, -0.05) is 26.0 Å². The van der Waals surface area contributed by atoms with Gasteiger partial charge in [-0.15, -0.1) is 0 Å². The lowest BCUT2D eigenvalue weighted by atomic mass is 9.94. The fourth-order valence-electron chi connectivity index (χ4n) is 4.89. The molecule has 1 amide bonds. The highest BCUT2D eigenvalue weighted by molar-refractivity contribution is 7.89. The standard InChI is InChI=1S/C24H28F2N2O4S/c1-16-13-17(2)15-27(14-16)33(30,31)20-10-8-19(9-11-20)23(29)28-12-4-6-18-5-3-7-21(22(18)28)32-24(25)26/h3,5,7-11,16-17,24H,4,6,12-15H2,1-2H3. The quantitative estimate of drug-likeness (QED) is 0.633. The number of aryl methyl sites for hydroxylation is 1. The third-order valence-electron chi connectivity index (χ3n) is 6.22. The van der Waals surface area contributed by atoms with Crippen molar-refractivity contribution in [3.05, 3.63) is 53.6 Å². The van der Waals surface area contributed by atoms with Crippen molar-refractivity contribution >= 4 is 21.6 Å². The van der Waals surface area contributed by atoms with E-state index in [1.54, 1.807) is 12.1 Å². The molecule has 0 saturated carbocycles. The summed E-state index contributed by atoms with van der Waals surface area (Å²) in [4.78, 5) is 14.9. The van der Waals surface area contributed by atoms with Crippen molar-refractivity contribution in [3.63, 3.8) is 0 Å². The Morgan fingerprint density at radius 3 is 2.36 bits per heavy atom. The molecule has 1 fully saturated rings. The summed E-state index contributed by atoms with van der Waals surface area (Å²) < 4.78 is 58.2. The van der Waals surface area contributed by atoms with Gasteiger partial charge in [0.05, 0.1) is 10.6 Å². The predicted molar refractivity (Wildman–Crippen MR) is 121 cm³/mol. The normalized spacial score (nSPS) is 21.7. The molecule has 6 nitrogen and oxygen atoms in total. The Morgan fingerprint density at radius 2 is 1.73 bits per heavy atom. The molecule has 4 rings (SSSR count). The molecule has 0 bridgehead atoms. The molecular weight excluding hydrogens is 450 g/mol. The largest absolute Gasteiger partial charge is 0.433 e. The number of hydrogen-bond acceptors (Lipinski definition) is 4. The van der Waals surface area contributed by atoms with Gasteiger partial charge in [0.1, 0.15) is 5.75 Å². The Balaban J connectivity index is 1.59. The zero-order valence-electron chi connectivity index (χ0n) is 18.7. The summed E-state index contributed by atoms with van der Waals surface area (Å²) in [5.41, 5.74) is 1.40. The van der Waals surface area contributed by atoms with Gasteiger partial charge in [0.25, 0.3) is 5.91 Å². The molecule has 0 N–H and O–H groups in total. The second kappa shape index (κ2) is 9.38. The maximum Gasteiger partial charge on any atom is 0.387 e. The summed E-state index contributed by atoms with van der Waals surface area (Å²) in [5, 5.41) is 0. The molecular formula is C24H28F2N2O4S. The molecule has 0 aromatic heterocycles. The van der Waals surface area contributed by atoms with Crippen LogP contribution in [-0.2, 0) is 16.4 Å². The van der Waals surface area contributed by atoms with E-state index >= 15 is 0 Å². The number of para-hydroxylation sites is 1. The minimum absolute atomic E-state index is 0.0388. The van der Waals surface area contributed by atoms with Gasteiger partial charge in [-0.2, -0.15) is 13.1 Å². The van der Waals surface area contributed by atoms with Crippen molar-refractivity contribution < 1.29 is 26.7 Å². The summed E-state index contributed by atoms with van der Waals surface area (Å²) in [5.74, 6) is 0.148. The summed E-state index contributed by atoms with van der Waals surface area (Å²) in [6.07, 6.45) is 2.34. The van der Waals surface area contributed by atoms with Gasteiger partial charge in [-0.05, 0) is 67.0 Å². The number of piperidine rings is 1. The van der Waals surface area contributed by atoms with Crippen LogP contribution < -0.4 is 9.64 Å². The number of alkyl halides is 2. The van der Waals surface area contributed by atoms with Gasteiger partial charge in [-0.3, -0.25) is 4.79 Å². The highest BCUT2D eigenvalue weighted by atomic mass is 32.2. The van der Waals surface area contributed by atoms with Crippen LogP contribution in [0, 0.1) is 11.8 Å². The Morgan fingerprint density at radius 1 is 1.06 bits per heavy atom. The molecule has 2 aromatic rings. The molecule has 9 heteroatoms. The Labute approximate surface area is 193 Å². The zero-order chi connectivity index (χ0) is 23.8. The van der Waals surface area contributed by atoms with Crippen LogP contribution in [0.5, 0.6) is 5.75 Å². The Kier molecular flexibility index (Phi) is 6.72. The van der Waals surface area contributed by atoms with Crippen molar-refractivity contribution in [2.45, 2.75) is 44.6 Å². The number of fused-ring (bicyclic) bond motifs is 1.